The third kappa shape index (κ3) is 3.35. The topological polar surface area (TPSA) is 49.4 Å². The highest BCUT2D eigenvalue weighted by Crippen LogP contribution is 2.21. The van der Waals surface area contributed by atoms with Crippen LogP contribution in [0.5, 0.6) is 0 Å². The Hall–Kier alpha value is -0.570. The Morgan fingerprint density at radius 2 is 1.77 bits per heavy atom. The van der Waals surface area contributed by atoms with Crippen molar-refractivity contribution in [1.29, 1.82) is 0 Å². The summed E-state index contributed by atoms with van der Waals surface area (Å²) in [5.74, 6) is 0. The SMILES string of the molecule is CN(C)C(=S)NS(=O)(=O)C(F)(F)F. The zero-order valence-electron chi connectivity index (χ0n) is 6.71. The number of hydrogen-bond acceptors (Lipinski definition) is 3. The first kappa shape index (κ1) is 12.4. The van der Waals surface area contributed by atoms with Crippen molar-refractivity contribution >= 4 is 27.4 Å². The average Bonchev–Trinajstić information content (AvgIpc) is 1.83. The summed E-state index contributed by atoms with van der Waals surface area (Å²) in [6.45, 7) is 0. The molecule has 0 bridgehead atoms. The molecule has 0 aliphatic carbocycles. The van der Waals surface area contributed by atoms with Crippen LogP contribution in [0.15, 0.2) is 0 Å². The molecule has 0 unspecified atom stereocenters. The van der Waals surface area contributed by atoms with Gasteiger partial charge in [-0.25, -0.2) is 0 Å². The van der Waals surface area contributed by atoms with E-state index in [2.05, 4.69) is 12.2 Å². The van der Waals surface area contributed by atoms with Gasteiger partial charge in [-0.05, 0) is 12.2 Å². The van der Waals surface area contributed by atoms with Gasteiger partial charge in [-0.3, -0.25) is 4.72 Å². The van der Waals surface area contributed by atoms with E-state index in [9.17, 15) is 21.6 Å². The van der Waals surface area contributed by atoms with E-state index in [1.165, 1.54) is 18.8 Å². The molecule has 0 radical (unpaired) electrons. The first-order valence-corrected chi connectivity index (χ1v) is 4.77. The lowest BCUT2D eigenvalue weighted by Gasteiger charge is -2.16. The van der Waals surface area contributed by atoms with Gasteiger partial charge in [0.15, 0.2) is 5.11 Å². The van der Waals surface area contributed by atoms with Gasteiger partial charge in [0.25, 0.3) is 0 Å². The minimum atomic E-state index is -5.37. The van der Waals surface area contributed by atoms with E-state index in [0.29, 0.717) is 0 Å². The van der Waals surface area contributed by atoms with Crippen LogP contribution >= 0.6 is 12.2 Å². The molecule has 0 aliphatic rings. The van der Waals surface area contributed by atoms with Crippen LogP contribution in [-0.2, 0) is 10.0 Å². The van der Waals surface area contributed by atoms with Crippen molar-refractivity contribution in [1.82, 2.24) is 9.62 Å². The maximum atomic E-state index is 11.7. The lowest BCUT2D eigenvalue weighted by molar-refractivity contribution is -0.0442. The Balaban J connectivity index is 4.65. The molecule has 0 aromatic heterocycles. The number of sulfonamides is 1. The van der Waals surface area contributed by atoms with E-state index in [1.807, 2.05) is 0 Å². The molecule has 0 spiro atoms. The summed E-state index contributed by atoms with van der Waals surface area (Å²) in [6, 6.07) is 0. The van der Waals surface area contributed by atoms with Gasteiger partial charge in [0, 0.05) is 14.1 Å². The molecule has 0 aromatic rings. The Labute approximate surface area is 78.8 Å². The van der Waals surface area contributed by atoms with Gasteiger partial charge in [0.2, 0.25) is 0 Å². The average molecular weight is 236 g/mol. The van der Waals surface area contributed by atoms with Crippen molar-refractivity contribution in [3.63, 3.8) is 0 Å². The van der Waals surface area contributed by atoms with Crippen LogP contribution in [0.1, 0.15) is 0 Å². The fourth-order valence-corrected chi connectivity index (χ4v) is 1.12. The van der Waals surface area contributed by atoms with Gasteiger partial charge in [-0.15, -0.1) is 0 Å². The van der Waals surface area contributed by atoms with Crippen LogP contribution in [-0.4, -0.2) is 38.0 Å². The quantitative estimate of drug-likeness (QED) is 0.664. The van der Waals surface area contributed by atoms with E-state index in [1.54, 1.807) is 0 Å². The molecule has 0 saturated carbocycles. The molecule has 0 rings (SSSR count). The van der Waals surface area contributed by atoms with Crippen LogP contribution in [0.25, 0.3) is 0 Å². The fourth-order valence-electron chi connectivity index (χ4n) is 0.264. The Kier molecular flexibility index (Phi) is 3.50. The van der Waals surface area contributed by atoms with Crippen LogP contribution in [0.2, 0.25) is 0 Å². The number of hydrogen-bond donors (Lipinski definition) is 1. The monoisotopic (exact) mass is 236 g/mol. The molecule has 0 aliphatic heterocycles. The highest BCUT2D eigenvalue weighted by molar-refractivity contribution is 7.92. The minimum absolute atomic E-state index is 0.516. The summed E-state index contributed by atoms with van der Waals surface area (Å²) in [5, 5.41) is -0.516. The molecule has 78 valence electrons. The van der Waals surface area contributed by atoms with E-state index < -0.39 is 20.6 Å². The van der Waals surface area contributed by atoms with Gasteiger partial charge >= 0.3 is 15.5 Å². The molecular formula is C4H7F3N2O2S2. The second kappa shape index (κ2) is 3.66. The van der Waals surface area contributed by atoms with Gasteiger partial charge in [0.1, 0.15) is 0 Å². The normalized spacial score (nSPS) is 12.4. The minimum Gasteiger partial charge on any atom is -0.355 e. The van der Waals surface area contributed by atoms with E-state index in [4.69, 9.17) is 0 Å². The molecule has 0 heterocycles. The van der Waals surface area contributed by atoms with E-state index in [-0.39, 0.29) is 0 Å². The van der Waals surface area contributed by atoms with Crippen molar-refractivity contribution in [3.8, 4) is 0 Å². The van der Waals surface area contributed by atoms with Crippen LogP contribution in [0, 0.1) is 0 Å². The lowest BCUT2D eigenvalue weighted by Crippen LogP contribution is -2.44. The Morgan fingerprint density at radius 3 is 2.00 bits per heavy atom. The van der Waals surface area contributed by atoms with Crippen molar-refractivity contribution in [2.45, 2.75) is 5.51 Å². The fraction of sp³-hybridized carbons (Fsp3) is 0.750. The third-order valence-electron chi connectivity index (χ3n) is 0.933. The predicted octanol–water partition coefficient (Wildman–Crippen LogP) is 0.272. The van der Waals surface area contributed by atoms with Gasteiger partial charge in [-0.2, -0.15) is 21.6 Å². The van der Waals surface area contributed by atoms with Crippen LogP contribution in [0.4, 0.5) is 13.2 Å². The van der Waals surface area contributed by atoms with Crippen molar-refractivity contribution in [2.24, 2.45) is 0 Å². The first-order chi connectivity index (χ1) is 5.58. The molecule has 13 heavy (non-hydrogen) atoms. The molecule has 1 N–H and O–H groups in total. The second-order valence-corrected chi connectivity index (χ2v) is 4.31. The molecule has 0 fully saturated rings. The Morgan fingerprint density at radius 1 is 1.38 bits per heavy atom. The molecule has 0 saturated heterocycles. The van der Waals surface area contributed by atoms with Crippen molar-refractivity contribution < 1.29 is 21.6 Å². The highest BCUT2D eigenvalue weighted by Gasteiger charge is 2.46. The summed E-state index contributed by atoms with van der Waals surface area (Å²) in [4.78, 5) is 1.04. The molecule has 0 atom stereocenters. The summed E-state index contributed by atoms with van der Waals surface area (Å²) in [7, 11) is -2.73. The van der Waals surface area contributed by atoms with Gasteiger partial charge in [-0.1, -0.05) is 0 Å². The molecule has 4 nitrogen and oxygen atoms in total. The molecule has 0 aromatic carbocycles. The zero-order chi connectivity index (χ0) is 10.9. The number of rotatable bonds is 1. The van der Waals surface area contributed by atoms with Crippen molar-refractivity contribution in [3.05, 3.63) is 0 Å². The Bertz CT molecular complexity index is 295. The summed E-state index contributed by atoms with van der Waals surface area (Å²) in [6.07, 6.45) is 0. The number of nitrogens with zero attached hydrogens (tertiary/aromatic N) is 1. The largest absolute Gasteiger partial charge is 0.516 e. The zero-order valence-corrected chi connectivity index (χ0v) is 8.35. The maximum Gasteiger partial charge on any atom is 0.516 e. The highest BCUT2D eigenvalue weighted by atomic mass is 32.2. The van der Waals surface area contributed by atoms with Crippen LogP contribution < -0.4 is 4.72 Å². The van der Waals surface area contributed by atoms with Gasteiger partial charge < -0.3 is 4.90 Å². The second-order valence-electron chi connectivity index (χ2n) is 2.25. The standard InChI is InChI=1S/C4H7F3N2O2S2/c1-9(2)3(12)8-13(10,11)4(5,6)7/h1-2H3,(H,8,12). The number of alkyl halides is 3. The van der Waals surface area contributed by atoms with Crippen LogP contribution in [0.3, 0.4) is 0 Å². The smallest absolute Gasteiger partial charge is 0.355 e. The number of thiocarbonyl (C=S) groups is 1. The number of nitrogens with one attached hydrogen (secondary N) is 1. The molecule has 9 heteroatoms. The first-order valence-electron chi connectivity index (χ1n) is 2.88. The molecular weight excluding hydrogens is 229 g/mol. The summed E-state index contributed by atoms with van der Waals surface area (Å²) < 4.78 is 57.2. The third-order valence-corrected chi connectivity index (χ3v) is 2.60. The molecule has 0 amide bonds. The van der Waals surface area contributed by atoms with Crippen molar-refractivity contribution in [2.75, 3.05) is 14.1 Å². The summed E-state index contributed by atoms with van der Waals surface area (Å²) in [5.41, 5.74) is -5.34. The number of halogens is 3. The van der Waals surface area contributed by atoms with E-state index >= 15 is 0 Å². The predicted molar refractivity (Wildman–Crippen MR) is 44.4 cm³/mol. The summed E-state index contributed by atoms with van der Waals surface area (Å²) >= 11 is 4.33. The lowest BCUT2D eigenvalue weighted by atomic mass is 10.9. The van der Waals surface area contributed by atoms with Gasteiger partial charge in [0.05, 0.1) is 0 Å². The maximum absolute atomic E-state index is 11.7. The van der Waals surface area contributed by atoms with E-state index in [0.717, 1.165) is 4.90 Å².